The van der Waals surface area contributed by atoms with Gasteiger partial charge in [0.05, 0.1) is 18.9 Å². The van der Waals surface area contributed by atoms with Gasteiger partial charge in [-0.15, -0.1) is 12.4 Å². The first-order valence-corrected chi connectivity index (χ1v) is 8.57. The van der Waals surface area contributed by atoms with Gasteiger partial charge in [-0.1, -0.05) is 30.3 Å². The van der Waals surface area contributed by atoms with Crippen LogP contribution in [-0.4, -0.2) is 31.7 Å². The maximum atomic E-state index is 12.4. The summed E-state index contributed by atoms with van der Waals surface area (Å²) < 4.78 is 11.5. The minimum atomic E-state index is -0.0550. The van der Waals surface area contributed by atoms with E-state index in [2.05, 4.69) is 10.6 Å². The number of para-hydroxylation sites is 3. The Kier molecular flexibility index (Phi) is 7.45. The zero-order valence-electron chi connectivity index (χ0n) is 15.1. The molecule has 1 unspecified atom stereocenters. The fourth-order valence-electron chi connectivity index (χ4n) is 2.90. The lowest BCUT2D eigenvalue weighted by atomic mass is 10.1. The van der Waals surface area contributed by atoms with Gasteiger partial charge in [0.2, 0.25) is 5.91 Å². The molecule has 1 heterocycles. The molecule has 1 aliphatic rings. The van der Waals surface area contributed by atoms with Crippen LogP contribution in [-0.2, 0) is 9.53 Å². The fraction of sp³-hybridized carbons (Fsp3) is 0.350. The zero-order chi connectivity index (χ0) is 17.6. The highest BCUT2D eigenvalue weighted by Crippen LogP contribution is 2.33. The number of morpholine rings is 1. The molecular weight excluding hydrogens is 352 g/mol. The van der Waals surface area contributed by atoms with Crippen LogP contribution < -0.4 is 15.4 Å². The Morgan fingerprint density at radius 3 is 2.62 bits per heavy atom. The molecule has 1 saturated heterocycles. The maximum absolute atomic E-state index is 12.4. The SMILES string of the molecule is Cc1cccc(C)c1Oc1ccccc1NC(=O)CC1COCCN1.Cl. The summed E-state index contributed by atoms with van der Waals surface area (Å²) in [5.41, 5.74) is 2.79. The van der Waals surface area contributed by atoms with Crippen molar-refractivity contribution in [1.82, 2.24) is 5.32 Å². The standard InChI is InChI=1S/C20H24N2O3.ClH/c1-14-6-5-7-15(2)20(14)25-18-9-4-3-8-17(18)22-19(23)12-16-13-24-11-10-21-16;/h3-9,16,21H,10-13H2,1-2H3,(H,22,23);1H. The van der Waals surface area contributed by atoms with E-state index in [0.29, 0.717) is 31.1 Å². The van der Waals surface area contributed by atoms with Crippen molar-refractivity contribution in [2.45, 2.75) is 26.3 Å². The van der Waals surface area contributed by atoms with Gasteiger partial charge >= 0.3 is 0 Å². The molecule has 2 aromatic carbocycles. The molecule has 3 rings (SSSR count). The summed E-state index contributed by atoms with van der Waals surface area (Å²) in [6, 6.07) is 13.6. The molecule has 2 N–H and O–H groups in total. The van der Waals surface area contributed by atoms with Gasteiger partial charge in [0, 0.05) is 19.0 Å². The smallest absolute Gasteiger partial charge is 0.226 e. The van der Waals surface area contributed by atoms with Crippen LogP contribution in [0.15, 0.2) is 42.5 Å². The molecule has 6 heteroatoms. The minimum absolute atomic E-state index is 0. The Balaban J connectivity index is 0.00000243. The molecule has 0 spiro atoms. The monoisotopic (exact) mass is 376 g/mol. The number of carbonyl (C=O) groups is 1. The topological polar surface area (TPSA) is 59.6 Å². The lowest BCUT2D eigenvalue weighted by molar-refractivity contribution is -0.117. The third kappa shape index (κ3) is 5.21. The number of carbonyl (C=O) groups excluding carboxylic acids is 1. The summed E-state index contributed by atoms with van der Waals surface area (Å²) in [4.78, 5) is 12.4. The second kappa shape index (κ2) is 9.57. The number of anilines is 1. The van der Waals surface area contributed by atoms with Crippen molar-refractivity contribution in [3.8, 4) is 11.5 Å². The molecule has 5 nitrogen and oxygen atoms in total. The van der Waals surface area contributed by atoms with Crippen LogP contribution in [0, 0.1) is 13.8 Å². The summed E-state index contributed by atoms with van der Waals surface area (Å²) in [5, 5.41) is 6.25. The first-order valence-electron chi connectivity index (χ1n) is 8.57. The largest absolute Gasteiger partial charge is 0.455 e. The Morgan fingerprint density at radius 2 is 1.92 bits per heavy atom. The summed E-state index contributed by atoms with van der Waals surface area (Å²) in [5.74, 6) is 1.41. The number of benzene rings is 2. The maximum Gasteiger partial charge on any atom is 0.226 e. The molecule has 1 aliphatic heterocycles. The van der Waals surface area contributed by atoms with Crippen LogP contribution in [0.5, 0.6) is 11.5 Å². The van der Waals surface area contributed by atoms with Gasteiger partial charge in [-0.25, -0.2) is 0 Å². The first-order chi connectivity index (χ1) is 12.1. The summed E-state index contributed by atoms with van der Waals surface area (Å²) in [7, 11) is 0. The summed E-state index contributed by atoms with van der Waals surface area (Å²) >= 11 is 0. The Hall–Kier alpha value is -2.08. The van der Waals surface area contributed by atoms with Crippen molar-refractivity contribution in [2.24, 2.45) is 0 Å². The van der Waals surface area contributed by atoms with Gasteiger partial charge < -0.3 is 20.1 Å². The molecule has 1 fully saturated rings. The molecule has 2 aromatic rings. The van der Waals surface area contributed by atoms with E-state index in [4.69, 9.17) is 9.47 Å². The van der Waals surface area contributed by atoms with Crippen molar-refractivity contribution in [1.29, 1.82) is 0 Å². The van der Waals surface area contributed by atoms with Crippen molar-refractivity contribution in [3.05, 3.63) is 53.6 Å². The molecule has 0 saturated carbocycles. The summed E-state index contributed by atoms with van der Waals surface area (Å²) in [6.07, 6.45) is 0.373. The van der Waals surface area contributed by atoms with Gasteiger partial charge in [-0.05, 0) is 37.1 Å². The molecule has 1 amide bonds. The second-order valence-electron chi connectivity index (χ2n) is 6.30. The average Bonchev–Trinajstić information content (AvgIpc) is 2.60. The third-order valence-electron chi connectivity index (χ3n) is 4.21. The highest BCUT2D eigenvalue weighted by atomic mass is 35.5. The Morgan fingerprint density at radius 1 is 1.19 bits per heavy atom. The van der Waals surface area contributed by atoms with Gasteiger partial charge in [0.15, 0.2) is 5.75 Å². The predicted molar refractivity (Wildman–Crippen MR) is 106 cm³/mol. The van der Waals surface area contributed by atoms with Crippen LogP contribution in [0.3, 0.4) is 0 Å². The van der Waals surface area contributed by atoms with E-state index < -0.39 is 0 Å². The lowest BCUT2D eigenvalue weighted by Gasteiger charge is -2.23. The predicted octanol–water partition coefficient (Wildman–Crippen LogP) is 3.83. The Labute approximate surface area is 160 Å². The van der Waals surface area contributed by atoms with E-state index in [-0.39, 0.29) is 24.4 Å². The van der Waals surface area contributed by atoms with Crippen molar-refractivity contribution < 1.29 is 14.3 Å². The van der Waals surface area contributed by atoms with E-state index in [1.807, 2.05) is 56.3 Å². The van der Waals surface area contributed by atoms with Gasteiger partial charge in [-0.2, -0.15) is 0 Å². The van der Waals surface area contributed by atoms with Crippen LogP contribution in [0.25, 0.3) is 0 Å². The van der Waals surface area contributed by atoms with Gasteiger partial charge in [0.25, 0.3) is 0 Å². The van der Waals surface area contributed by atoms with Crippen LogP contribution >= 0.6 is 12.4 Å². The average molecular weight is 377 g/mol. The molecule has 0 bridgehead atoms. The number of rotatable bonds is 5. The second-order valence-corrected chi connectivity index (χ2v) is 6.30. The highest BCUT2D eigenvalue weighted by molar-refractivity contribution is 5.92. The summed E-state index contributed by atoms with van der Waals surface area (Å²) in [6.45, 7) is 6.07. The van der Waals surface area contributed by atoms with Gasteiger partial charge in [-0.3, -0.25) is 4.79 Å². The Bertz CT molecular complexity index is 725. The van der Waals surface area contributed by atoms with E-state index in [9.17, 15) is 4.79 Å². The number of ether oxygens (including phenoxy) is 2. The van der Waals surface area contributed by atoms with Crippen LogP contribution in [0.2, 0.25) is 0 Å². The van der Waals surface area contributed by atoms with Crippen molar-refractivity contribution in [3.63, 3.8) is 0 Å². The zero-order valence-corrected chi connectivity index (χ0v) is 15.9. The van der Waals surface area contributed by atoms with Gasteiger partial charge in [0.1, 0.15) is 5.75 Å². The molecule has 26 heavy (non-hydrogen) atoms. The first kappa shape index (κ1) is 20.2. The van der Waals surface area contributed by atoms with Crippen molar-refractivity contribution in [2.75, 3.05) is 25.1 Å². The number of halogens is 1. The molecule has 140 valence electrons. The number of hydrogen-bond acceptors (Lipinski definition) is 4. The highest BCUT2D eigenvalue weighted by Gasteiger charge is 2.18. The lowest BCUT2D eigenvalue weighted by Crippen LogP contribution is -2.43. The van der Waals surface area contributed by atoms with E-state index >= 15 is 0 Å². The van der Waals surface area contributed by atoms with E-state index in [1.54, 1.807) is 0 Å². The molecule has 0 radical (unpaired) electrons. The number of aryl methyl sites for hydroxylation is 2. The molecular formula is C20H25ClN2O3. The molecule has 0 aliphatic carbocycles. The number of hydrogen-bond donors (Lipinski definition) is 2. The van der Waals surface area contributed by atoms with Crippen LogP contribution in [0.1, 0.15) is 17.5 Å². The van der Waals surface area contributed by atoms with E-state index in [1.165, 1.54) is 0 Å². The molecule has 1 atom stereocenters. The fourth-order valence-corrected chi connectivity index (χ4v) is 2.90. The third-order valence-corrected chi connectivity index (χ3v) is 4.21. The number of nitrogens with one attached hydrogen (secondary N) is 2. The quantitative estimate of drug-likeness (QED) is 0.832. The number of amides is 1. The van der Waals surface area contributed by atoms with Crippen molar-refractivity contribution >= 4 is 24.0 Å². The molecule has 0 aromatic heterocycles. The normalized spacial score (nSPS) is 16.5. The van der Waals surface area contributed by atoms with E-state index in [0.717, 1.165) is 23.4 Å². The minimum Gasteiger partial charge on any atom is -0.455 e. The van der Waals surface area contributed by atoms with Crippen LogP contribution in [0.4, 0.5) is 5.69 Å².